The van der Waals surface area contributed by atoms with Crippen molar-refractivity contribution in [2.24, 2.45) is 0 Å². The first kappa shape index (κ1) is 17.0. The fourth-order valence-electron chi connectivity index (χ4n) is 2.96. The van der Waals surface area contributed by atoms with E-state index < -0.39 is 0 Å². The van der Waals surface area contributed by atoms with E-state index >= 15 is 0 Å². The van der Waals surface area contributed by atoms with Gasteiger partial charge < -0.3 is 15.5 Å². The molecule has 7 nitrogen and oxygen atoms in total. The van der Waals surface area contributed by atoms with Crippen molar-refractivity contribution in [2.75, 3.05) is 18.4 Å². The molecule has 0 aliphatic carbocycles. The molecule has 2 aromatic rings. The van der Waals surface area contributed by atoms with Gasteiger partial charge in [-0.25, -0.2) is 4.79 Å². The summed E-state index contributed by atoms with van der Waals surface area (Å²) in [6.07, 6.45) is 4.86. The molecule has 1 aliphatic heterocycles. The lowest BCUT2D eigenvalue weighted by molar-refractivity contribution is -0.128. The van der Waals surface area contributed by atoms with Crippen molar-refractivity contribution in [2.45, 2.75) is 32.4 Å². The second-order valence-corrected chi connectivity index (χ2v) is 6.09. The molecule has 3 rings (SSSR count). The third-order valence-electron chi connectivity index (χ3n) is 4.30. The molecule has 2 heterocycles. The Kier molecular flexibility index (Phi) is 5.33. The van der Waals surface area contributed by atoms with Crippen molar-refractivity contribution in [3.8, 4) is 0 Å². The van der Waals surface area contributed by atoms with Gasteiger partial charge in [-0.1, -0.05) is 30.3 Å². The zero-order valence-corrected chi connectivity index (χ0v) is 14.3. The monoisotopic (exact) mass is 341 g/mol. The number of anilines is 1. The van der Waals surface area contributed by atoms with Crippen LogP contribution in [0.5, 0.6) is 0 Å². The second kappa shape index (κ2) is 7.83. The second-order valence-electron chi connectivity index (χ2n) is 6.09. The highest BCUT2D eigenvalue weighted by Crippen LogP contribution is 2.19. The lowest BCUT2D eigenvalue weighted by Crippen LogP contribution is -2.40. The van der Waals surface area contributed by atoms with Crippen LogP contribution < -0.4 is 10.6 Å². The number of aryl methyl sites for hydroxylation is 1. The van der Waals surface area contributed by atoms with Crippen LogP contribution in [0.4, 0.5) is 10.5 Å². The minimum Gasteiger partial charge on any atom is -0.340 e. The molecule has 3 amide bonds. The van der Waals surface area contributed by atoms with E-state index in [1.165, 1.54) is 0 Å². The Morgan fingerprint density at radius 1 is 1.32 bits per heavy atom. The molecule has 7 heteroatoms. The summed E-state index contributed by atoms with van der Waals surface area (Å²) in [7, 11) is 0. The Balaban J connectivity index is 1.68. The summed E-state index contributed by atoms with van der Waals surface area (Å²) < 4.78 is 1.74. The fourth-order valence-corrected chi connectivity index (χ4v) is 2.96. The smallest absolute Gasteiger partial charge is 0.319 e. The molecule has 1 aliphatic rings. The number of urea groups is 1. The van der Waals surface area contributed by atoms with Crippen molar-refractivity contribution < 1.29 is 9.59 Å². The molecule has 1 aromatic carbocycles. The molecule has 132 valence electrons. The molecule has 0 saturated carbocycles. The van der Waals surface area contributed by atoms with Crippen LogP contribution in [0, 0.1) is 0 Å². The summed E-state index contributed by atoms with van der Waals surface area (Å²) in [5, 5.41) is 9.91. The summed E-state index contributed by atoms with van der Waals surface area (Å²) in [4.78, 5) is 26.1. The quantitative estimate of drug-likeness (QED) is 0.847. The molecular formula is C18H23N5O2. The van der Waals surface area contributed by atoms with E-state index in [-0.39, 0.29) is 18.0 Å². The standard InChI is InChI=1S/C18H23N5O2/c1-2-23-12-15(11-19-23)20-18(25)21-16(14-7-4-3-5-8-14)13-22-10-6-9-17(22)24/h3-5,7-8,11-12,16H,2,6,9-10,13H2,1H3,(H2,20,21,25)/t16-/m1/s1. The van der Waals surface area contributed by atoms with Gasteiger partial charge in [0.05, 0.1) is 17.9 Å². The van der Waals surface area contributed by atoms with Gasteiger partial charge in [0.25, 0.3) is 0 Å². The maximum Gasteiger partial charge on any atom is 0.319 e. The first-order valence-corrected chi connectivity index (χ1v) is 8.58. The lowest BCUT2D eigenvalue weighted by Gasteiger charge is -2.25. The van der Waals surface area contributed by atoms with Gasteiger partial charge in [0.2, 0.25) is 5.91 Å². The number of likely N-dealkylation sites (tertiary alicyclic amines) is 1. The minimum absolute atomic E-state index is 0.146. The molecule has 1 fully saturated rings. The van der Waals surface area contributed by atoms with Crippen LogP contribution in [0.25, 0.3) is 0 Å². The van der Waals surface area contributed by atoms with Gasteiger partial charge >= 0.3 is 6.03 Å². The van der Waals surface area contributed by atoms with Gasteiger partial charge in [0.15, 0.2) is 0 Å². The van der Waals surface area contributed by atoms with E-state index in [0.29, 0.717) is 18.7 Å². The number of hydrogen-bond donors (Lipinski definition) is 2. The average molecular weight is 341 g/mol. The summed E-state index contributed by atoms with van der Waals surface area (Å²) in [5.74, 6) is 0.146. The van der Waals surface area contributed by atoms with Gasteiger partial charge in [-0.05, 0) is 18.9 Å². The Labute approximate surface area is 147 Å². The van der Waals surface area contributed by atoms with E-state index in [2.05, 4.69) is 15.7 Å². The number of nitrogens with zero attached hydrogens (tertiary/aromatic N) is 3. The van der Waals surface area contributed by atoms with E-state index in [0.717, 1.165) is 25.1 Å². The van der Waals surface area contributed by atoms with Crippen molar-refractivity contribution in [3.63, 3.8) is 0 Å². The molecule has 25 heavy (non-hydrogen) atoms. The number of carbonyl (C=O) groups excluding carboxylic acids is 2. The van der Waals surface area contributed by atoms with Gasteiger partial charge in [-0.15, -0.1) is 0 Å². The first-order chi connectivity index (χ1) is 12.2. The third-order valence-corrected chi connectivity index (χ3v) is 4.30. The number of amides is 3. The number of carbonyl (C=O) groups is 2. The van der Waals surface area contributed by atoms with E-state index in [9.17, 15) is 9.59 Å². The fraction of sp³-hybridized carbons (Fsp3) is 0.389. The number of nitrogens with one attached hydrogen (secondary N) is 2. The molecule has 0 radical (unpaired) electrons. The van der Waals surface area contributed by atoms with Crippen LogP contribution in [-0.4, -0.2) is 39.7 Å². The zero-order valence-electron chi connectivity index (χ0n) is 14.3. The van der Waals surface area contributed by atoms with E-state index in [1.54, 1.807) is 17.1 Å². The highest BCUT2D eigenvalue weighted by molar-refractivity contribution is 5.89. The zero-order chi connectivity index (χ0) is 17.6. The predicted octanol–water partition coefficient (Wildman–Crippen LogP) is 2.39. The maximum absolute atomic E-state index is 12.4. The predicted molar refractivity (Wildman–Crippen MR) is 95.1 cm³/mol. The summed E-state index contributed by atoms with van der Waals surface area (Å²) >= 11 is 0. The number of rotatable bonds is 6. The van der Waals surface area contributed by atoms with E-state index in [1.807, 2.05) is 42.2 Å². The third kappa shape index (κ3) is 4.37. The minimum atomic E-state index is -0.309. The van der Waals surface area contributed by atoms with Crippen LogP contribution in [-0.2, 0) is 11.3 Å². The molecule has 0 unspecified atom stereocenters. The Morgan fingerprint density at radius 2 is 2.12 bits per heavy atom. The normalized spacial score (nSPS) is 15.2. The summed E-state index contributed by atoms with van der Waals surface area (Å²) in [6, 6.07) is 9.14. The van der Waals surface area contributed by atoms with Crippen molar-refractivity contribution in [1.29, 1.82) is 0 Å². The van der Waals surface area contributed by atoms with Crippen molar-refractivity contribution in [3.05, 3.63) is 48.3 Å². The van der Waals surface area contributed by atoms with Crippen LogP contribution >= 0.6 is 0 Å². The largest absolute Gasteiger partial charge is 0.340 e. The molecular weight excluding hydrogens is 318 g/mol. The van der Waals surface area contributed by atoms with Crippen molar-refractivity contribution in [1.82, 2.24) is 20.0 Å². The number of hydrogen-bond acceptors (Lipinski definition) is 3. The number of aromatic nitrogens is 2. The molecule has 2 N–H and O–H groups in total. The molecule has 1 aromatic heterocycles. The Hall–Kier alpha value is -2.83. The first-order valence-electron chi connectivity index (χ1n) is 8.58. The highest BCUT2D eigenvalue weighted by atomic mass is 16.2. The molecule has 0 spiro atoms. The molecule has 1 saturated heterocycles. The van der Waals surface area contributed by atoms with Gasteiger partial charge in [-0.3, -0.25) is 9.48 Å². The topological polar surface area (TPSA) is 79.3 Å². The summed E-state index contributed by atoms with van der Waals surface area (Å²) in [5.41, 5.74) is 1.62. The van der Waals surface area contributed by atoms with Crippen LogP contribution in [0.3, 0.4) is 0 Å². The van der Waals surface area contributed by atoms with Gasteiger partial charge in [-0.2, -0.15) is 5.10 Å². The lowest BCUT2D eigenvalue weighted by atomic mass is 10.1. The van der Waals surface area contributed by atoms with Crippen LogP contribution in [0.15, 0.2) is 42.7 Å². The highest BCUT2D eigenvalue weighted by Gasteiger charge is 2.25. The van der Waals surface area contributed by atoms with Gasteiger partial charge in [0.1, 0.15) is 0 Å². The Bertz CT molecular complexity index is 728. The van der Waals surface area contributed by atoms with Crippen LogP contribution in [0.1, 0.15) is 31.4 Å². The number of benzene rings is 1. The van der Waals surface area contributed by atoms with Crippen LogP contribution in [0.2, 0.25) is 0 Å². The Morgan fingerprint density at radius 3 is 2.76 bits per heavy atom. The van der Waals surface area contributed by atoms with Crippen molar-refractivity contribution >= 4 is 17.6 Å². The molecule has 0 bridgehead atoms. The average Bonchev–Trinajstić information content (AvgIpc) is 3.24. The SMILES string of the molecule is CCn1cc(NC(=O)N[C@H](CN2CCCC2=O)c2ccccc2)cn1. The van der Waals surface area contributed by atoms with Gasteiger partial charge in [0, 0.05) is 32.3 Å². The molecule has 1 atom stereocenters. The van der Waals surface area contributed by atoms with E-state index in [4.69, 9.17) is 0 Å². The summed E-state index contributed by atoms with van der Waals surface area (Å²) in [6.45, 7) is 3.95. The maximum atomic E-state index is 12.4.